The lowest BCUT2D eigenvalue weighted by molar-refractivity contribution is -0.141. The Bertz CT molecular complexity index is 1700. The summed E-state index contributed by atoms with van der Waals surface area (Å²) in [5.41, 5.74) is 1.11. The summed E-state index contributed by atoms with van der Waals surface area (Å²) in [7, 11) is 2.79. The molecule has 0 unspecified atom stereocenters. The first-order valence-electron chi connectivity index (χ1n) is 11.2. The van der Waals surface area contributed by atoms with Crippen LogP contribution in [0, 0.1) is 11.8 Å². The van der Waals surface area contributed by atoms with Gasteiger partial charge in [0.05, 0.1) is 43.6 Å². The second-order valence-electron chi connectivity index (χ2n) is 8.71. The SMILES string of the molecule is COc1ncc(-c2cc([C@H]3C[C@@H]3c3ncc4cnn(CC(F)(F)F)c4c3F)c3ncc(F)n3n2)c(OC)n1. The number of rotatable bonds is 6. The normalized spacial score (nSPS) is 17.3. The van der Waals surface area contributed by atoms with Gasteiger partial charge in [0, 0.05) is 29.3 Å². The van der Waals surface area contributed by atoms with E-state index in [2.05, 4.69) is 30.1 Å². The van der Waals surface area contributed by atoms with Gasteiger partial charge < -0.3 is 9.47 Å². The van der Waals surface area contributed by atoms with Crippen LogP contribution in [0.25, 0.3) is 27.8 Å². The Hall–Kier alpha value is -4.43. The molecule has 1 aliphatic carbocycles. The third kappa shape index (κ3) is 3.94. The molecule has 196 valence electrons. The lowest BCUT2D eigenvalue weighted by atomic mass is 10.1. The van der Waals surface area contributed by atoms with Gasteiger partial charge >= 0.3 is 12.2 Å². The molecule has 0 spiro atoms. The third-order valence-corrected chi connectivity index (χ3v) is 6.35. The number of hydrogen-bond donors (Lipinski definition) is 0. The van der Waals surface area contributed by atoms with E-state index in [4.69, 9.17) is 9.47 Å². The number of ether oxygens (including phenoxy) is 2. The van der Waals surface area contributed by atoms with Crippen LogP contribution in [0.15, 0.2) is 30.9 Å². The van der Waals surface area contributed by atoms with E-state index in [1.807, 2.05) is 0 Å². The van der Waals surface area contributed by atoms with Crippen LogP contribution in [0.3, 0.4) is 0 Å². The molecule has 1 fully saturated rings. The molecule has 0 N–H and O–H groups in total. The van der Waals surface area contributed by atoms with E-state index in [9.17, 15) is 17.6 Å². The highest BCUT2D eigenvalue weighted by Gasteiger charge is 2.45. The molecule has 0 saturated heterocycles. The molecule has 1 saturated carbocycles. The number of fused-ring (bicyclic) bond motifs is 2. The zero-order chi connectivity index (χ0) is 26.8. The van der Waals surface area contributed by atoms with Crippen molar-refractivity contribution in [3.63, 3.8) is 0 Å². The number of methoxy groups -OCH3 is 2. The van der Waals surface area contributed by atoms with Crippen LogP contribution in [-0.2, 0) is 6.54 Å². The van der Waals surface area contributed by atoms with E-state index in [1.165, 1.54) is 26.6 Å². The van der Waals surface area contributed by atoms with Crippen LogP contribution in [0.4, 0.5) is 22.0 Å². The lowest BCUT2D eigenvalue weighted by Gasteiger charge is -2.11. The van der Waals surface area contributed by atoms with Crippen LogP contribution in [0.2, 0.25) is 0 Å². The first kappa shape index (κ1) is 23.9. The Balaban J connectivity index is 1.43. The zero-order valence-electron chi connectivity index (χ0n) is 19.7. The maximum Gasteiger partial charge on any atom is 0.408 e. The van der Waals surface area contributed by atoms with Crippen LogP contribution in [0.1, 0.15) is 29.5 Å². The van der Waals surface area contributed by atoms with Crippen molar-refractivity contribution in [1.29, 1.82) is 0 Å². The minimum Gasteiger partial charge on any atom is -0.480 e. The molecule has 2 atom stereocenters. The molecule has 0 amide bonds. The van der Waals surface area contributed by atoms with Crippen molar-refractivity contribution in [2.24, 2.45) is 0 Å². The Morgan fingerprint density at radius 3 is 2.55 bits per heavy atom. The van der Waals surface area contributed by atoms with Crippen molar-refractivity contribution in [3.8, 4) is 23.1 Å². The fraction of sp³-hybridized carbons (Fsp3) is 0.304. The number of hydrogen-bond acceptors (Lipinski definition) is 8. The molecule has 0 aliphatic heterocycles. The summed E-state index contributed by atoms with van der Waals surface area (Å²) in [6, 6.07) is 1.72. The maximum absolute atomic E-state index is 15.5. The smallest absolute Gasteiger partial charge is 0.408 e. The van der Waals surface area contributed by atoms with E-state index in [0.29, 0.717) is 22.2 Å². The van der Waals surface area contributed by atoms with Gasteiger partial charge in [0.2, 0.25) is 11.8 Å². The average Bonchev–Trinajstić information content (AvgIpc) is 3.44. The van der Waals surface area contributed by atoms with Crippen molar-refractivity contribution in [2.75, 3.05) is 14.2 Å². The van der Waals surface area contributed by atoms with Gasteiger partial charge in [-0.1, -0.05) is 0 Å². The highest BCUT2D eigenvalue weighted by Crippen LogP contribution is 2.56. The summed E-state index contributed by atoms with van der Waals surface area (Å²) in [6.07, 6.45) is 0.695. The van der Waals surface area contributed by atoms with Gasteiger partial charge in [0.25, 0.3) is 0 Å². The van der Waals surface area contributed by atoms with Gasteiger partial charge in [0.1, 0.15) is 12.1 Å². The minimum absolute atomic E-state index is 0.000302. The molecule has 1 aliphatic rings. The summed E-state index contributed by atoms with van der Waals surface area (Å²) in [5.74, 6) is -2.30. The Labute approximate surface area is 210 Å². The topological polar surface area (TPSA) is 105 Å². The second kappa shape index (κ2) is 8.56. The number of imidazole rings is 1. The van der Waals surface area contributed by atoms with E-state index in [1.54, 1.807) is 6.07 Å². The molecule has 5 heterocycles. The fourth-order valence-corrected chi connectivity index (χ4v) is 4.59. The van der Waals surface area contributed by atoms with Gasteiger partial charge in [-0.15, -0.1) is 0 Å². The van der Waals surface area contributed by atoms with E-state index in [0.717, 1.165) is 16.9 Å². The van der Waals surface area contributed by atoms with Crippen LogP contribution < -0.4 is 9.47 Å². The Morgan fingerprint density at radius 2 is 1.82 bits per heavy atom. The largest absolute Gasteiger partial charge is 0.480 e. The summed E-state index contributed by atoms with van der Waals surface area (Å²) in [6.45, 7) is -1.43. The number of aromatic nitrogens is 8. The number of nitrogens with zero attached hydrogens (tertiary/aromatic N) is 8. The predicted molar refractivity (Wildman–Crippen MR) is 121 cm³/mol. The Kier molecular flexibility index (Phi) is 5.39. The monoisotopic (exact) mass is 532 g/mol. The molecule has 38 heavy (non-hydrogen) atoms. The highest BCUT2D eigenvalue weighted by atomic mass is 19.4. The first-order valence-corrected chi connectivity index (χ1v) is 11.2. The van der Waals surface area contributed by atoms with Gasteiger partial charge in [-0.3, -0.25) is 9.67 Å². The molecule has 15 heteroatoms. The molecule has 5 aromatic rings. The predicted octanol–water partition coefficient (Wildman–Crippen LogP) is 4.06. The van der Waals surface area contributed by atoms with Crippen molar-refractivity contribution in [3.05, 3.63) is 53.9 Å². The number of alkyl halides is 3. The number of pyridine rings is 1. The summed E-state index contributed by atoms with van der Waals surface area (Å²) < 4.78 is 81.0. The lowest BCUT2D eigenvalue weighted by Crippen LogP contribution is -2.19. The van der Waals surface area contributed by atoms with Crippen LogP contribution >= 0.6 is 0 Å². The zero-order valence-corrected chi connectivity index (χ0v) is 19.7. The molecule has 0 bridgehead atoms. The van der Waals surface area contributed by atoms with E-state index in [-0.39, 0.29) is 45.7 Å². The van der Waals surface area contributed by atoms with Gasteiger partial charge in [-0.25, -0.2) is 14.4 Å². The quantitative estimate of drug-likeness (QED) is 0.302. The Morgan fingerprint density at radius 1 is 1.00 bits per heavy atom. The molecule has 5 aromatic heterocycles. The number of halogens is 5. The standard InChI is InChI=1S/C23H17F5N8O2/c1-37-21-14(7-31-22(33-21)38-2)15-4-13(20-30-8-16(24)36(20)34-15)11-3-12(11)18-17(25)19-10(5-29-18)6-32-35(19)9-23(26,27)28/h4-8,11-12H,3,9H2,1-2H3/t11-,12-/m0/s1. The average molecular weight is 532 g/mol. The van der Waals surface area contributed by atoms with Crippen molar-refractivity contribution < 1.29 is 31.4 Å². The molecule has 10 nitrogen and oxygen atoms in total. The van der Waals surface area contributed by atoms with Crippen LogP contribution in [0.5, 0.6) is 11.9 Å². The summed E-state index contributed by atoms with van der Waals surface area (Å²) >= 11 is 0. The van der Waals surface area contributed by atoms with E-state index >= 15 is 4.39 Å². The molecule has 0 radical (unpaired) electrons. The molecular weight excluding hydrogens is 515 g/mol. The minimum atomic E-state index is -4.58. The van der Waals surface area contributed by atoms with Crippen LogP contribution in [-0.4, -0.2) is 59.7 Å². The molecule has 0 aromatic carbocycles. The molecular formula is C23H17F5N8O2. The van der Waals surface area contributed by atoms with E-state index < -0.39 is 30.4 Å². The summed E-state index contributed by atoms with van der Waals surface area (Å²) in [4.78, 5) is 16.5. The highest BCUT2D eigenvalue weighted by molar-refractivity contribution is 5.79. The van der Waals surface area contributed by atoms with Gasteiger partial charge in [-0.05, 0) is 18.4 Å². The van der Waals surface area contributed by atoms with Crippen molar-refractivity contribution in [2.45, 2.75) is 31.0 Å². The third-order valence-electron chi connectivity index (χ3n) is 6.35. The maximum atomic E-state index is 15.5. The van der Waals surface area contributed by atoms with Crippen molar-refractivity contribution >= 4 is 16.6 Å². The van der Waals surface area contributed by atoms with Gasteiger partial charge in [0.15, 0.2) is 11.5 Å². The second-order valence-corrected chi connectivity index (χ2v) is 8.71. The van der Waals surface area contributed by atoms with Crippen molar-refractivity contribution in [1.82, 2.24) is 39.3 Å². The first-order chi connectivity index (χ1) is 18.2. The fourth-order valence-electron chi connectivity index (χ4n) is 4.59. The van der Waals surface area contributed by atoms with Gasteiger partial charge in [-0.2, -0.15) is 37.3 Å². The molecule has 6 rings (SSSR count). The summed E-state index contributed by atoms with van der Waals surface area (Å²) in [5, 5.41) is 8.14.